The molecular formula is C25H20ClN7O2. The number of amides is 2. The summed E-state index contributed by atoms with van der Waals surface area (Å²) in [6, 6.07) is 13.3. The lowest BCUT2D eigenvalue weighted by atomic mass is 9.97. The molecule has 2 aromatic carbocycles. The smallest absolute Gasteiger partial charge is 0.261 e. The standard InChI is InChI=1S/C25H20ClN7O2/c1-31-12-18(17-11-15(26)7-8-19(17)31)21-22(25(35)29-24(21)34)23-16-5-2-3-6-20(16)33(30-23)10-4-9-32-13-27-28-14-32/h2-3,5-8,11-14H,4,9-10H2,1H3,(H,29,34,35). The molecule has 1 N–H and O–H groups in total. The molecule has 0 bridgehead atoms. The van der Waals surface area contributed by atoms with Gasteiger partial charge in [-0.05, 0) is 30.7 Å². The minimum atomic E-state index is -0.455. The van der Waals surface area contributed by atoms with E-state index in [4.69, 9.17) is 16.7 Å². The molecule has 0 fully saturated rings. The molecule has 4 heterocycles. The molecule has 35 heavy (non-hydrogen) atoms. The number of hydrogen-bond acceptors (Lipinski definition) is 5. The zero-order chi connectivity index (χ0) is 24.1. The number of halogens is 1. The Labute approximate surface area is 204 Å². The fourth-order valence-electron chi connectivity index (χ4n) is 4.72. The first-order valence-corrected chi connectivity index (χ1v) is 11.5. The Morgan fingerprint density at radius 3 is 2.51 bits per heavy atom. The summed E-state index contributed by atoms with van der Waals surface area (Å²) in [4.78, 5) is 26.2. The molecule has 1 aliphatic rings. The Hall–Kier alpha value is -4.24. The molecule has 1 aliphatic heterocycles. The summed E-state index contributed by atoms with van der Waals surface area (Å²) in [7, 11) is 1.90. The van der Waals surface area contributed by atoms with Crippen molar-refractivity contribution in [1.82, 2.24) is 34.4 Å². The van der Waals surface area contributed by atoms with Gasteiger partial charge in [-0.2, -0.15) is 5.10 Å². The van der Waals surface area contributed by atoms with Crippen molar-refractivity contribution < 1.29 is 9.59 Å². The van der Waals surface area contributed by atoms with E-state index in [9.17, 15) is 9.59 Å². The topological polar surface area (TPSA) is 99.6 Å². The molecule has 174 valence electrons. The highest BCUT2D eigenvalue weighted by molar-refractivity contribution is 6.50. The second-order valence-electron chi connectivity index (χ2n) is 8.49. The van der Waals surface area contributed by atoms with Gasteiger partial charge in [-0.3, -0.25) is 19.6 Å². The van der Waals surface area contributed by atoms with E-state index in [2.05, 4.69) is 15.5 Å². The molecule has 5 aromatic rings. The number of benzene rings is 2. The number of nitrogens with zero attached hydrogens (tertiary/aromatic N) is 6. The Morgan fingerprint density at radius 2 is 1.69 bits per heavy atom. The summed E-state index contributed by atoms with van der Waals surface area (Å²) in [6.45, 7) is 1.36. The molecule has 0 unspecified atom stereocenters. The van der Waals surface area contributed by atoms with Crippen LogP contribution in [0.4, 0.5) is 0 Å². The molecule has 0 spiro atoms. The zero-order valence-corrected chi connectivity index (χ0v) is 19.5. The minimum Gasteiger partial charge on any atom is -0.350 e. The van der Waals surface area contributed by atoms with E-state index < -0.39 is 11.8 Å². The van der Waals surface area contributed by atoms with Crippen LogP contribution in [-0.4, -0.2) is 40.9 Å². The number of aryl methyl sites for hydroxylation is 3. The van der Waals surface area contributed by atoms with Crippen molar-refractivity contribution in [3.63, 3.8) is 0 Å². The third-order valence-electron chi connectivity index (χ3n) is 6.30. The average Bonchev–Trinajstić information content (AvgIpc) is 3.60. The van der Waals surface area contributed by atoms with Crippen molar-refractivity contribution in [2.45, 2.75) is 19.5 Å². The van der Waals surface area contributed by atoms with Gasteiger partial charge in [0.2, 0.25) is 0 Å². The lowest BCUT2D eigenvalue weighted by Gasteiger charge is -2.04. The second-order valence-corrected chi connectivity index (χ2v) is 8.93. The van der Waals surface area contributed by atoms with Crippen LogP contribution in [0.2, 0.25) is 5.02 Å². The Kier molecular flexibility index (Phi) is 5.00. The van der Waals surface area contributed by atoms with Gasteiger partial charge >= 0.3 is 0 Å². The Balaban J connectivity index is 1.51. The molecule has 2 amide bonds. The highest BCUT2D eigenvalue weighted by atomic mass is 35.5. The van der Waals surface area contributed by atoms with Crippen molar-refractivity contribution in [2.75, 3.05) is 0 Å². The molecule has 6 rings (SSSR count). The summed E-state index contributed by atoms with van der Waals surface area (Å²) in [6.07, 6.45) is 6.00. The number of para-hydroxylation sites is 1. The van der Waals surface area contributed by atoms with Crippen LogP contribution in [0.15, 0.2) is 61.3 Å². The van der Waals surface area contributed by atoms with E-state index in [1.807, 2.05) is 63.5 Å². The van der Waals surface area contributed by atoms with Gasteiger partial charge in [0.25, 0.3) is 11.8 Å². The number of aromatic nitrogens is 6. The molecule has 0 saturated heterocycles. The molecular weight excluding hydrogens is 466 g/mol. The van der Waals surface area contributed by atoms with E-state index in [0.717, 1.165) is 34.8 Å². The van der Waals surface area contributed by atoms with Crippen LogP contribution in [0.3, 0.4) is 0 Å². The van der Waals surface area contributed by atoms with Gasteiger partial charge in [0, 0.05) is 53.2 Å². The number of rotatable bonds is 6. The maximum Gasteiger partial charge on any atom is 0.261 e. The first-order chi connectivity index (χ1) is 17.0. The lowest BCUT2D eigenvalue weighted by Crippen LogP contribution is -2.22. The summed E-state index contributed by atoms with van der Waals surface area (Å²) in [5.74, 6) is -0.896. The van der Waals surface area contributed by atoms with Crippen LogP contribution in [0.1, 0.15) is 17.7 Å². The molecule has 0 aliphatic carbocycles. The van der Waals surface area contributed by atoms with Crippen LogP contribution in [0.25, 0.3) is 33.0 Å². The fourth-order valence-corrected chi connectivity index (χ4v) is 4.90. The van der Waals surface area contributed by atoms with Gasteiger partial charge < -0.3 is 9.13 Å². The highest BCUT2D eigenvalue weighted by Crippen LogP contribution is 2.38. The van der Waals surface area contributed by atoms with Gasteiger partial charge in [0.05, 0.1) is 16.7 Å². The third kappa shape index (κ3) is 3.52. The van der Waals surface area contributed by atoms with Gasteiger partial charge in [-0.25, -0.2) is 0 Å². The summed E-state index contributed by atoms with van der Waals surface area (Å²) in [5, 5.41) is 17.1. The van der Waals surface area contributed by atoms with Gasteiger partial charge in [0.15, 0.2) is 0 Å². The number of fused-ring (bicyclic) bond motifs is 2. The maximum absolute atomic E-state index is 13.1. The van der Waals surface area contributed by atoms with Crippen molar-refractivity contribution in [3.05, 3.63) is 77.6 Å². The fraction of sp³-hybridized carbons (Fsp3) is 0.160. The van der Waals surface area contributed by atoms with Crippen LogP contribution < -0.4 is 5.32 Å². The van der Waals surface area contributed by atoms with Crippen LogP contribution in [-0.2, 0) is 29.7 Å². The number of carbonyl (C=O) groups excluding carboxylic acids is 2. The maximum atomic E-state index is 13.1. The van der Waals surface area contributed by atoms with Gasteiger partial charge in [0.1, 0.15) is 18.3 Å². The summed E-state index contributed by atoms with van der Waals surface area (Å²) >= 11 is 6.27. The van der Waals surface area contributed by atoms with Crippen LogP contribution in [0.5, 0.6) is 0 Å². The Morgan fingerprint density at radius 1 is 0.914 bits per heavy atom. The van der Waals surface area contributed by atoms with Gasteiger partial charge in [-0.15, -0.1) is 10.2 Å². The van der Waals surface area contributed by atoms with Gasteiger partial charge in [-0.1, -0.05) is 29.8 Å². The molecule has 0 radical (unpaired) electrons. The van der Waals surface area contributed by atoms with Crippen molar-refractivity contribution in [2.24, 2.45) is 7.05 Å². The quantitative estimate of drug-likeness (QED) is 0.371. The molecule has 0 atom stereocenters. The normalized spacial score (nSPS) is 14.0. The predicted octanol–water partition coefficient (Wildman–Crippen LogP) is 3.43. The highest BCUT2D eigenvalue weighted by Gasteiger charge is 2.36. The lowest BCUT2D eigenvalue weighted by molar-refractivity contribution is -0.122. The van der Waals surface area contributed by atoms with E-state index >= 15 is 0 Å². The largest absolute Gasteiger partial charge is 0.350 e. The summed E-state index contributed by atoms with van der Waals surface area (Å²) in [5.41, 5.74) is 3.52. The monoisotopic (exact) mass is 485 g/mol. The average molecular weight is 486 g/mol. The molecule has 10 heteroatoms. The predicted molar refractivity (Wildman–Crippen MR) is 132 cm³/mol. The van der Waals surface area contributed by atoms with E-state index in [0.29, 0.717) is 28.4 Å². The SMILES string of the molecule is Cn1cc(C2=C(c3nn(CCCn4cnnc4)c4ccccc34)C(=O)NC2=O)c2cc(Cl)ccc21. The van der Waals surface area contributed by atoms with E-state index in [1.165, 1.54) is 0 Å². The number of carbonyl (C=O) groups is 2. The molecule has 9 nitrogen and oxygen atoms in total. The van der Waals surface area contributed by atoms with Crippen LogP contribution in [0, 0.1) is 0 Å². The van der Waals surface area contributed by atoms with Crippen LogP contribution >= 0.6 is 11.6 Å². The number of hydrogen-bond donors (Lipinski definition) is 1. The molecule has 3 aromatic heterocycles. The number of nitrogens with one attached hydrogen (secondary N) is 1. The van der Waals surface area contributed by atoms with Crippen molar-refractivity contribution in [3.8, 4) is 0 Å². The first kappa shape index (κ1) is 21.3. The number of imide groups is 1. The minimum absolute atomic E-state index is 0.274. The second kappa shape index (κ2) is 8.21. The zero-order valence-electron chi connectivity index (χ0n) is 18.8. The molecule has 0 saturated carbocycles. The van der Waals surface area contributed by atoms with Crippen molar-refractivity contribution in [1.29, 1.82) is 0 Å². The summed E-state index contributed by atoms with van der Waals surface area (Å²) < 4.78 is 5.71. The van der Waals surface area contributed by atoms with E-state index in [-0.39, 0.29) is 5.57 Å². The van der Waals surface area contributed by atoms with E-state index in [1.54, 1.807) is 18.7 Å². The van der Waals surface area contributed by atoms with Crippen molar-refractivity contribution >= 4 is 56.4 Å². The Bertz CT molecular complexity index is 1660. The third-order valence-corrected chi connectivity index (χ3v) is 6.53. The first-order valence-electron chi connectivity index (χ1n) is 11.1.